The van der Waals surface area contributed by atoms with Crippen molar-refractivity contribution in [3.63, 3.8) is 0 Å². The quantitative estimate of drug-likeness (QED) is 0.831. The molecular formula is C13H11FN2O3. The van der Waals surface area contributed by atoms with Crippen LogP contribution in [-0.2, 0) is 6.54 Å². The smallest absolute Gasteiger partial charge is 0.231 e. The number of nitrogens with zero attached hydrogens (tertiary/aromatic N) is 1. The van der Waals surface area contributed by atoms with Crippen LogP contribution in [0.1, 0.15) is 5.56 Å². The number of rotatable bonds is 3. The summed E-state index contributed by atoms with van der Waals surface area (Å²) in [7, 11) is 0. The summed E-state index contributed by atoms with van der Waals surface area (Å²) in [5.74, 6) is 0.722. The largest absolute Gasteiger partial charge is 0.507 e. The molecule has 19 heavy (non-hydrogen) atoms. The molecule has 1 aliphatic rings. The second kappa shape index (κ2) is 4.64. The molecule has 2 heterocycles. The lowest BCUT2D eigenvalue weighted by Gasteiger charge is -2.08. The summed E-state index contributed by atoms with van der Waals surface area (Å²) in [5, 5.41) is 12.9. The Balaban J connectivity index is 1.75. The molecule has 5 nitrogen and oxygen atoms in total. The van der Waals surface area contributed by atoms with Crippen LogP contribution in [0.3, 0.4) is 0 Å². The molecular weight excluding hydrogens is 251 g/mol. The van der Waals surface area contributed by atoms with Crippen molar-refractivity contribution >= 4 is 5.69 Å². The van der Waals surface area contributed by atoms with Crippen LogP contribution in [0.15, 0.2) is 30.5 Å². The van der Waals surface area contributed by atoms with Gasteiger partial charge in [-0.3, -0.25) is 0 Å². The third kappa shape index (κ3) is 2.37. The minimum atomic E-state index is -0.531. The maximum Gasteiger partial charge on any atom is 0.231 e. The van der Waals surface area contributed by atoms with E-state index in [2.05, 4.69) is 10.3 Å². The number of fused-ring (bicyclic) bond motifs is 1. The normalized spacial score (nSPS) is 12.5. The minimum absolute atomic E-state index is 0.117. The third-order valence-corrected chi connectivity index (χ3v) is 2.78. The van der Waals surface area contributed by atoms with E-state index in [9.17, 15) is 9.50 Å². The fourth-order valence-corrected chi connectivity index (χ4v) is 1.79. The van der Waals surface area contributed by atoms with Crippen molar-refractivity contribution in [2.45, 2.75) is 6.54 Å². The van der Waals surface area contributed by atoms with Crippen LogP contribution in [0.25, 0.3) is 0 Å². The molecule has 0 saturated carbocycles. The van der Waals surface area contributed by atoms with E-state index in [0.29, 0.717) is 29.3 Å². The number of phenols is 1. The van der Waals surface area contributed by atoms with E-state index in [1.54, 1.807) is 12.1 Å². The molecule has 2 aromatic rings. The van der Waals surface area contributed by atoms with Gasteiger partial charge in [0.25, 0.3) is 0 Å². The number of ether oxygens (including phenoxy) is 2. The molecule has 2 N–H and O–H groups in total. The zero-order valence-electron chi connectivity index (χ0n) is 9.89. The van der Waals surface area contributed by atoms with Gasteiger partial charge in [0.05, 0.1) is 11.9 Å². The Morgan fingerprint density at radius 2 is 2.05 bits per heavy atom. The summed E-state index contributed by atoms with van der Waals surface area (Å²) in [6.07, 6.45) is 1.39. The number of pyridine rings is 1. The van der Waals surface area contributed by atoms with Crippen LogP contribution in [-0.4, -0.2) is 16.9 Å². The average molecular weight is 262 g/mol. The molecule has 98 valence electrons. The zero-order chi connectivity index (χ0) is 13.2. The number of nitrogens with one attached hydrogen (secondary N) is 1. The van der Waals surface area contributed by atoms with Crippen molar-refractivity contribution in [2.75, 3.05) is 12.1 Å². The SMILES string of the molecule is Oc1cc2c(cc1CNc1ccc(F)nc1)OCO2. The summed E-state index contributed by atoms with van der Waals surface area (Å²) in [4.78, 5) is 3.54. The standard InChI is InChI=1S/C13H11FN2O3/c14-13-2-1-9(6-16-13)15-5-8-3-11-12(4-10(8)17)19-7-18-11/h1-4,6,15,17H,5,7H2. The van der Waals surface area contributed by atoms with Gasteiger partial charge in [0.1, 0.15) is 5.75 Å². The molecule has 1 aromatic heterocycles. The van der Waals surface area contributed by atoms with Crippen molar-refractivity contribution in [1.29, 1.82) is 0 Å². The summed E-state index contributed by atoms with van der Waals surface area (Å²) >= 11 is 0. The monoisotopic (exact) mass is 262 g/mol. The second-order valence-corrected chi connectivity index (χ2v) is 4.06. The lowest BCUT2D eigenvalue weighted by Crippen LogP contribution is -2.00. The van der Waals surface area contributed by atoms with Gasteiger partial charge in [-0.05, 0) is 18.2 Å². The molecule has 0 unspecified atom stereocenters. The number of halogens is 1. The number of anilines is 1. The highest BCUT2D eigenvalue weighted by Crippen LogP contribution is 2.37. The van der Waals surface area contributed by atoms with Gasteiger partial charge in [0, 0.05) is 18.2 Å². The predicted molar refractivity (Wildman–Crippen MR) is 65.8 cm³/mol. The highest BCUT2D eigenvalue weighted by Gasteiger charge is 2.16. The molecule has 0 radical (unpaired) electrons. The number of benzene rings is 1. The van der Waals surface area contributed by atoms with E-state index in [1.807, 2.05) is 0 Å². The molecule has 0 atom stereocenters. The number of hydrogen-bond donors (Lipinski definition) is 2. The van der Waals surface area contributed by atoms with Gasteiger partial charge in [0.15, 0.2) is 11.5 Å². The van der Waals surface area contributed by atoms with Crippen LogP contribution in [0.4, 0.5) is 10.1 Å². The molecule has 3 rings (SSSR count). The first-order valence-electron chi connectivity index (χ1n) is 5.69. The Labute approximate surface area is 108 Å². The highest BCUT2D eigenvalue weighted by atomic mass is 19.1. The third-order valence-electron chi connectivity index (χ3n) is 2.78. The molecule has 1 aliphatic heterocycles. The Morgan fingerprint density at radius 3 is 2.79 bits per heavy atom. The Kier molecular flexibility index (Phi) is 2.83. The van der Waals surface area contributed by atoms with E-state index in [1.165, 1.54) is 18.3 Å². The van der Waals surface area contributed by atoms with Gasteiger partial charge in [0.2, 0.25) is 12.7 Å². The lowest BCUT2D eigenvalue weighted by molar-refractivity contribution is 0.174. The first kappa shape index (κ1) is 11.6. The number of phenolic OH excluding ortho intramolecular Hbond substituents is 1. The first-order chi connectivity index (χ1) is 9.22. The lowest BCUT2D eigenvalue weighted by atomic mass is 10.1. The Hall–Kier alpha value is -2.50. The van der Waals surface area contributed by atoms with Crippen molar-refractivity contribution in [3.8, 4) is 17.2 Å². The van der Waals surface area contributed by atoms with Gasteiger partial charge < -0.3 is 19.9 Å². The van der Waals surface area contributed by atoms with Crippen molar-refractivity contribution in [3.05, 3.63) is 42.0 Å². The molecule has 6 heteroatoms. The average Bonchev–Trinajstić information content (AvgIpc) is 2.85. The Bertz CT molecular complexity index is 602. The summed E-state index contributed by atoms with van der Waals surface area (Å²) in [6, 6.07) is 6.07. The summed E-state index contributed by atoms with van der Waals surface area (Å²) < 4.78 is 23.0. The Morgan fingerprint density at radius 1 is 1.26 bits per heavy atom. The van der Waals surface area contributed by atoms with E-state index in [4.69, 9.17) is 9.47 Å². The first-order valence-corrected chi connectivity index (χ1v) is 5.69. The summed E-state index contributed by atoms with van der Waals surface area (Å²) in [6.45, 7) is 0.531. The molecule has 0 amide bonds. The fourth-order valence-electron chi connectivity index (χ4n) is 1.79. The molecule has 0 aliphatic carbocycles. The molecule has 1 aromatic carbocycles. The summed E-state index contributed by atoms with van der Waals surface area (Å²) in [5.41, 5.74) is 1.33. The second-order valence-electron chi connectivity index (χ2n) is 4.06. The maximum atomic E-state index is 12.7. The van der Waals surface area contributed by atoms with E-state index in [-0.39, 0.29) is 12.5 Å². The molecule has 0 bridgehead atoms. The number of hydrogen-bond acceptors (Lipinski definition) is 5. The topological polar surface area (TPSA) is 63.6 Å². The van der Waals surface area contributed by atoms with E-state index < -0.39 is 5.95 Å². The molecule has 0 spiro atoms. The van der Waals surface area contributed by atoms with Crippen molar-refractivity contribution < 1.29 is 19.0 Å². The fraction of sp³-hybridized carbons (Fsp3) is 0.154. The zero-order valence-corrected chi connectivity index (χ0v) is 9.89. The van der Waals surface area contributed by atoms with Crippen molar-refractivity contribution in [2.24, 2.45) is 0 Å². The van der Waals surface area contributed by atoms with Crippen molar-refractivity contribution in [1.82, 2.24) is 4.98 Å². The number of aromatic nitrogens is 1. The highest BCUT2D eigenvalue weighted by molar-refractivity contribution is 5.52. The van der Waals surface area contributed by atoms with Gasteiger partial charge in [-0.25, -0.2) is 4.98 Å². The van der Waals surface area contributed by atoms with Gasteiger partial charge in [-0.15, -0.1) is 0 Å². The van der Waals surface area contributed by atoms with Crippen LogP contribution >= 0.6 is 0 Å². The van der Waals surface area contributed by atoms with Gasteiger partial charge in [-0.2, -0.15) is 4.39 Å². The van der Waals surface area contributed by atoms with Crippen LogP contribution in [0, 0.1) is 5.95 Å². The van der Waals surface area contributed by atoms with Crippen LogP contribution in [0.2, 0.25) is 0 Å². The van der Waals surface area contributed by atoms with E-state index in [0.717, 1.165) is 0 Å². The maximum absolute atomic E-state index is 12.7. The van der Waals surface area contributed by atoms with Crippen LogP contribution < -0.4 is 14.8 Å². The van der Waals surface area contributed by atoms with Gasteiger partial charge in [-0.1, -0.05) is 0 Å². The van der Waals surface area contributed by atoms with E-state index >= 15 is 0 Å². The minimum Gasteiger partial charge on any atom is -0.507 e. The van der Waals surface area contributed by atoms with Gasteiger partial charge >= 0.3 is 0 Å². The molecule has 0 fully saturated rings. The molecule has 0 saturated heterocycles. The van der Waals surface area contributed by atoms with Crippen LogP contribution in [0.5, 0.6) is 17.2 Å². The predicted octanol–water partition coefficient (Wildman–Crippen LogP) is 2.27. The number of aromatic hydroxyl groups is 1.